The summed E-state index contributed by atoms with van der Waals surface area (Å²) >= 11 is 3.57. The van der Waals surface area contributed by atoms with Crippen LogP contribution in [0.25, 0.3) is 0 Å². The second-order valence-electron chi connectivity index (χ2n) is 5.60. The van der Waals surface area contributed by atoms with E-state index in [-0.39, 0.29) is 0 Å². The van der Waals surface area contributed by atoms with E-state index in [0.717, 1.165) is 17.7 Å². The van der Waals surface area contributed by atoms with E-state index < -0.39 is 0 Å². The van der Waals surface area contributed by atoms with Crippen molar-refractivity contribution in [3.05, 3.63) is 29.3 Å². The molecule has 0 spiro atoms. The maximum atomic E-state index is 5.91. The van der Waals surface area contributed by atoms with E-state index in [1.807, 2.05) is 0 Å². The van der Waals surface area contributed by atoms with E-state index in [0.29, 0.717) is 11.3 Å². The molecule has 0 aromatic heterocycles. The van der Waals surface area contributed by atoms with Gasteiger partial charge in [-0.25, -0.2) is 0 Å². The summed E-state index contributed by atoms with van der Waals surface area (Å²) in [6.45, 7) is 7.47. The summed E-state index contributed by atoms with van der Waals surface area (Å²) in [6, 6.07) is 6.47. The third kappa shape index (κ3) is 3.04. The molecule has 0 heterocycles. The van der Waals surface area contributed by atoms with Gasteiger partial charge in [0.2, 0.25) is 0 Å². The van der Waals surface area contributed by atoms with Crippen molar-refractivity contribution in [2.75, 3.05) is 11.9 Å². The first-order valence-electron chi connectivity index (χ1n) is 6.36. The zero-order chi connectivity index (χ0) is 12.5. The molecule has 2 rings (SSSR count). The maximum absolute atomic E-state index is 5.91. The Bertz CT molecular complexity index is 394. The van der Waals surface area contributed by atoms with E-state index in [1.54, 1.807) is 0 Å². The fourth-order valence-corrected chi connectivity index (χ4v) is 2.84. The molecule has 0 N–H and O–H groups in total. The third-order valence-electron chi connectivity index (χ3n) is 3.65. The van der Waals surface area contributed by atoms with Gasteiger partial charge in [0.15, 0.2) is 0 Å². The zero-order valence-electron chi connectivity index (χ0n) is 10.9. The van der Waals surface area contributed by atoms with Crippen molar-refractivity contribution in [3.63, 3.8) is 0 Å². The first kappa shape index (κ1) is 12.9. The van der Waals surface area contributed by atoms with Gasteiger partial charge in [0.25, 0.3) is 0 Å². The van der Waals surface area contributed by atoms with Gasteiger partial charge in [-0.3, -0.25) is 0 Å². The number of hydrogen-bond acceptors (Lipinski definition) is 1. The van der Waals surface area contributed by atoms with E-state index >= 15 is 0 Å². The summed E-state index contributed by atoms with van der Waals surface area (Å²) in [5, 5.41) is 1.06. The van der Waals surface area contributed by atoms with Gasteiger partial charge in [0.05, 0.1) is 6.61 Å². The van der Waals surface area contributed by atoms with E-state index in [2.05, 4.69) is 54.9 Å². The standard InChI is InChI=1S/C15H21BrO/c1-11(2)14-5-4-13(8-12(14)3)17-10-15(9-16)6-7-15/h4-5,8,11H,6-7,9-10H2,1-3H3. The number of ether oxygens (including phenoxy) is 1. The lowest BCUT2D eigenvalue weighted by molar-refractivity contribution is 0.251. The van der Waals surface area contributed by atoms with Gasteiger partial charge >= 0.3 is 0 Å². The van der Waals surface area contributed by atoms with Crippen LogP contribution in [0.4, 0.5) is 0 Å². The van der Waals surface area contributed by atoms with Crippen LogP contribution >= 0.6 is 15.9 Å². The Hall–Kier alpha value is -0.500. The van der Waals surface area contributed by atoms with Crippen LogP contribution in [0, 0.1) is 12.3 Å². The first-order chi connectivity index (χ1) is 8.06. The molecule has 1 aromatic carbocycles. The van der Waals surface area contributed by atoms with Gasteiger partial charge in [0, 0.05) is 10.7 Å². The van der Waals surface area contributed by atoms with Crippen LogP contribution in [0.2, 0.25) is 0 Å². The Morgan fingerprint density at radius 1 is 1.35 bits per heavy atom. The predicted octanol–water partition coefficient (Wildman–Crippen LogP) is 4.67. The third-order valence-corrected chi connectivity index (χ3v) is 4.84. The summed E-state index contributed by atoms with van der Waals surface area (Å²) in [7, 11) is 0. The molecule has 1 saturated carbocycles. The summed E-state index contributed by atoms with van der Waals surface area (Å²) in [5.74, 6) is 1.60. The van der Waals surface area contributed by atoms with Crippen molar-refractivity contribution in [1.82, 2.24) is 0 Å². The fraction of sp³-hybridized carbons (Fsp3) is 0.600. The molecule has 1 aromatic rings. The number of halogens is 1. The number of rotatable bonds is 5. The minimum atomic E-state index is 0.421. The van der Waals surface area contributed by atoms with E-state index in [1.165, 1.54) is 24.0 Å². The monoisotopic (exact) mass is 296 g/mol. The van der Waals surface area contributed by atoms with Crippen molar-refractivity contribution >= 4 is 15.9 Å². The lowest BCUT2D eigenvalue weighted by atomic mass is 9.98. The molecule has 1 nitrogen and oxygen atoms in total. The number of aryl methyl sites for hydroxylation is 1. The summed E-state index contributed by atoms with van der Waals surface area (Å²) in [4.78, 5) is 0. The molecule has 0 amide bonds. The smallest absolute Gasteiger partial charge is 0.119 e. The number of hydrogen-bond donors (Lipinski definition) is 0. The SMILES string of the molecule is Cc1cc(OCC2(CBr)CC2)ccc1C(C)C. The van der Waals surface area contributed by atoms with Crippen molar-refractivity contribution in [3.8, 4) is 5.75 Å². The minimum Gasteiger partial charge on any atom is -0.493 e. The van der Waals surface area contributed by atoms with Crippen LogP contribution in [0.1, 0.15) is 43.7 Å². The molecule has 0 atom stereocenters. The zero-order valence-corrected chi connectivity index (χ0v) is 12.5. The molecule has 0 unspecified atom stereocenters. The highest BCUT2D eigenvalue weighted by Gasteiger charge is 2.42. The molecule has 0 bridgehead atoms. The number of benzene rings is 1. The normalized spacial score (nSPS) is 17.2. The van der Waals surface area contributed by atoms with Crippen LogP contribution in [-0.2, 0) is 0 Å². The van der Waals surface area contributed by atoms with Gasteiger partial charge in [-0.05, 0) is 48.9 Å². The largest absolute Gasteiger partial charge is 0.493 e. The highest BCUT2D eigenvalue weighted by atomic mass is 79.9. The van der Waals surface area contributed by atoms with Crippen molar-refractivity contribution in [2.45, 2.75) is 39.5 Å². The first-order valence-corrected chi connectivity index (χ1v) is 7.48. The molecular weight excluding hydrogens is 276 g/mol. The Labute approximate surface area is 113 Å². The molecule has 94 valence electrons. The molecule has 1 aliphatic carbocycles. The average molecular weight is 297 g/mol. The second-order valence-corrected chi connectivity index (χ2v) is 6.16. The molecule has 1 fully saturated rings. The fourth-order valence-electron chi connectivity index (χ4n) is 2.12. The Kier molecular flexibility index (Phi) is 3.82. The Balaban J connectivity index is 2.00. The molecule has 17 heavy (non-hydrogen) atoms. The summed E-state index contributed by atoms with van der Waals surface area (Å²) in [5.41, 5.74) is 3.17. The van der Waals surface area contributed by atoms with Gasteiger partial charge in [-0.15, -0.1) is 0 Å². The molecule has 0 radical (unpaired) electrons. The van der Waals surface area contributed by atoms with Crippen molar-refractivity contribution in [2.24, 2.45) is 5.41 Å². The molecule has 0 saturated heterocycles. The van der Waals surface area contributed by atoms with Crippen molar-refractivity contribution in [1.29, 1.82) is 0 Å². The summed E-state index contributed by atoms with van der Waals surface area (Å²) < 4.78 is 5.91. The maximum Gasteiger partial charge on any atom is 0.119 e. The highest BCUT2D eigenvalue weighted by molar-refractivity contribution is 9.09. The Morgan fingerprint density at radius 3 is 2.53 bits per heavy atom. The van der Waals surface area contributed by atoms with Crippen molar-refractivity contribution < 1.29 is 4.74 Å². The van der Waals surface area contributed by atoms with Gasteiger partial charge in [0.1, 0.15) is 5.75 Å². The quantitative estimate of drug-likeness (QED) is 0.717. The highest BCUT2D eigenvalue weighted by Crippen LogP contribution is 2.47. The van der Waals surface area contributed by atoms with Crippen LogP contribution in [0.3, 0.4) is 0 Å². The van der Waals surface area contributed by atoms with Crippen LogP contribution in [0.15, 0.2) is 18.2 Å². The predicted molar refractivity (Wildman–Crippen MR) is 76.2 cm³/mol. The van der Waals surface area contributed by atoms with E-state index in [9.17, 15) is 0 Å². The van der Waals surface area contributed by atoms with Gasteiger partial charge in [-0.2, -0.15) is 0 Å². The molecular formula is C15H21BrO. The van der Waals surface area contributed by atoms with Crippen LogP contribution in [-0.4, -0.2) is 11.9 Å². The van der Waals surface area contributed by atoms with Gasteiger partial charge in [-0.1, -0.05) is 35.8 Å². The minimum absolute atomic E-state index is 0.421. The lowest BCUT2D eigenvalue weighted by Crippen LogP contribution is -2.14. The molecule has 1 aliphatic rings. The van der Waals surface area contributed by atoms with Gasteiger partial charge < -0.3 is 4.74 Å². The second kappa shape index (κ2) is 5.01. The summed E-state index contributed by atoms with van der Waals surface area (Å²) in [6.07, 6.45) is 2.59. The molecule has 0 aliphatic heterocycles. The Morgan fingerprint density at radius 2 is 2.06 bits per heavy atom. The molecule has 2 heteroatoms. The average Bonchev–Trinajstić information content (AvgIpc) is 3.07. The number of alkyl halides is 1. The van der Waals surface area contributed by atoms with E-state index in [4.69, 9.17) is 4.74 Å². The topological polar surface area (TPSA) is 9.23 Å². The lowest BCUT2D eigenvalue weighted by Gasteiger charge is -2.15. The van der Waals surface area contributed by atoms with Crippen LogP contribution < -0.4 is 4.74 Å². The van der Waals surface area contributed by atoms with Crippen LogP contribution in [0.5, 0.6) is 5.75 Å².